The second-order valence-electron chi connectivity index (χ2n) is 7.18. The van der Waals surface area contributed by atoms with Crippen molar-refractivity contribution in [3.05, 3.63) is 76.3 Å². The van der Waals surface area contributed by atoms with Crippen molar-refractivity contribution in [1.82, 2.24) is 10.4 Å². The number of nitrogens with one attached hydrogen (secondary N) is 1. The fourth-order valence-electron chi connectivity index (χ4n) is 3.04. The van der Waals surface area contributed by atoms with Crippen molar-refractivity contribution in [2.24, 2.45) is 5.10 Å². The van der Waals surface area contributed by atoms with Crippen LogP contribution in [0.5, 0.6) is 17.2 Å². The minimum Gasteiger partial charge on any atom is -0.497 e. The number of hydrogen-bond acceptors (Lipinski definition) is 9. The van der Waals surface area contributed by atoms with Gasteiger partial charge in [0.2, 0.25) is 0 Å². The van der Waals surface area contributed by atoms with E-state index in [2.05, 4.69) is 31.4 Å². The van der Waals surface area contributed by atoms with Crippen molar-refractivity contribution >= 4 is 67.3 Å². The summed E-state index contributed by atoms with van der Waals surface area (Å²) in [5.41, 5.74) is 4.41. The zero-order chi connectivity index (χ0) is 25.5. The van der Waals surface area contributed by atoms with Gasteiger partial charge in [0.25, 0.3) is 5.91 Å². The Kier molecular flexibility index (Phi) is 8.57. The van der Waals surface area contributed by atoms with Gasteiger partial charge in [-0.15, -0.1) is 11.3 Å². The molecule has 0 spiro atoms. The number of rotatable bonds is 9. The summed E-state index contributed by atoms with van der Waals surface area (Å²) in [6.45, 7) is 0. The lowest BCUT2D eigenvalue weighted by molar-refractivity contribution is -0.118. The molecule has 184 valence electrons. The molecule has 3 aromatic carbocycles. The van der Waals surface area contributed by atoms with Crippen molar-refractivity contribution in [1.29, 1.82) is 0 Å². The highest BCUT2D eigenvalue weighted by Gasteiger charge is 2.17. The molecule has 1 N–H and O–H groups in total. The second-order valence-corrected chi connectivity index (χ2v) is 10.3. The minimum atomic E-state index is -0.545. The van der Waals surface area contributed by atoms with Gasteiger partial charge in [0.15, 0.2) is 15.8 Å². The highest BCUT2D eigenvalue weighted by Crippen LogP contribution is 2.37. The zero-order valence-electron chi connectivity index (χ0n) is 19.2. The first-order valence-electron chi connectivity index (χ1n) is 10.5. The molecule has 8 nitrogen and oxygen atoms in total. The third kappa shape index (κ3) is 6.42. The summed E-state index contributed by atoms with van der Waals surface area (Å²) in [6.07, 6.45) is 1.47. The van der Waals surface area contributed by atoms with Gasteiger partial charge in [0.1, 0.15) is 5.75 Å². The number of halogens is 1. The number of fused-ring (bicyclic) bond motifs is 1. The smallest absolute Gasteiger partial charge is 0.343 e. The zero-order valence-corrected chi connectivity index (χ0v) is 22.4. The van der Waals surface area contributed by atoms with Crippen molar-refractivity contribution in [3.63, 3.8) is 0 Å². The van der Waals surface area contributed by atoms with Crippen LogP contribution in [0.2, 0.25) is 0 Å². The number of ether oxygens (including phenoxy) is 3. The maximum Gasteiger partial charge on any atom is 0.343 e. The lowest BCUT2D eigenvalue weighted by atomic mass is 10.2. The van der Waals surface area contributed by atoms with Gasteiger partial charge in [-0.2, -0.15) is 5.10 Å². The third-order valence-corrected chi connectivity index (χ3v) is 7.54. The van der Waals surface area contributed by atoms with Gasteiger partial charge in [-0.05, 0) is 70.0 Å². The number of esters is 1. The molecule has 0 atom stereocenters. The Morgan fingerprint density at radius 2 is 1.89 bits per heavy atom. The number of carbonyl (C=O) groups excluding carboxylic acids is 2. The van der Waals surface area contributed by atoms with E-state index in [4.69, 9.17) is 14.2 Å². The average molecular weight is 586 g/mol. The number of hydrogen-bond donors (Lipinski definition) is 1. The van der Waals surface area contributed by atoms with Crippen LogP contribution in [-0.4, -0.2) is 43.0 Å². The largest absolute Gasteiger partial charge is 0.497 e. The van der Waals surface area contributed by atoms with Crippen molar-refractivity contribution in [2.45, 2.75) is 4.34 Å². The minimum absolute atomic E-state index is 0.185. The molecule has 0 radical (unpaired) electrons. The molecule has 0 saturated carbocycles. The summed E-state index contributed by atoms with van der Waals surface area (Å²) >= 11 is 6.31. The quantitative estimate of drug-likeness (QED) is 0.0905. The van der Waals surface area contributed by atoms with E-state index in [1.54, 1.807) is 54.8 Å². The van der Waals surface area contributed by atoms with Crippen molar-refractivity contribution in [2.75, 3.05) is 20.0 Å². The van der Waals surface area contributed by atoms with Crippen LogP contribution in [-0.2, 0) is 4.79 Å². The number of thioether (sulfide) groups is 1. The third-order valence-electron chi connectivity index (χ3n) is 4.78. The van der Waals surface area contributed by atoms with Gasteiger partial charge < -0.3 is 14.2 Å². The topological polar surface area (TPSA) is 99.1 Å². The van der Waals surface area contributed by atoms with Crippen LogP contribution in [0.15, 0.2) is 74.6 Å². The maximum absolute atomic E-state index is 12.6. The van der Waals surface area contributed by atoms with Crippen molar-refractivity contribution < 1.29 is 23.8 Å². The van der Waals surface area contributed by atoms with Crippen LogP contribution in [0.3, 0.4) is 0 Å². The molecule has 0 aliphatic heterocycles. The van der Waals surface area contributed by atoms with Crippen LogP contribution in [0.1, 0.15) is 15.9 Å². The van der Waals surface area contributed by atoms with Crippen LogP contribution < -0.4 is 19.6 Å². The Balaban J connectivity index is 1.36. The normalized spacial score (nSPS) is 11.0. The number of para-hydroxylation sites is 1. The number of hydrazone groups is 1. The Morgan fingerprint density at radius 3 is 2.61 bits per heavy atom. The molecular weight excluding hydrogens is 566 g/mol. The first-order chi connectivity index (χ1) is 17.5. The highest BCUT2D eigenvalue weighted by molar-refractivity contribution is 9.10. The highest BCUT2D eigenvalue weighted by atomic mass is 79.9. The van der Waals surface area contributed by atoms with Gasteiger partial charge in [0, 0.05) is 0 Å². The summed E-state index contributed by atoms with van der Waals surface area (Å²) in [6, 6.07) is 17.8. The van der Waals surface area contributed by atoms with E-state index in [1.807, 2.05) is 24.3 Å². The number of thiazole rings is 1. The van der Waals surface area contributed by atoms with Crippen LogP contribution in [0.4, 0.5) is 0 Å². The van der Waals surface area contributed by atoms with Gasteiger partial charge >= 0.3 is 5.97 Å². The molecule has 4 rings (SSSR count). The van der Waals surface area contributed by atoms with E-state index in [0.29, 0.717) is 27.1 Å². The fraction of sp³-hybridized carbons (Fsp3) is 0.120. The molecule has 0 aliphatic rings. The Bertz CT molecular complexity index is 1390. The Hall–Kier alpha value is -3.41. The van der Waals surface area contributed by atoms with Crippen LogP contribution >= 0.6 is 39.0 Å². The number of carbonyl (C=O) groups is 2. The molecule has 0 unspecified atom stereocenters. The fourth-order valence-corrected chi connectivity index (χ4v) is 5.44. The molecule has 36 heavy (non-hydrogen) atoms. The van der Waals surface area contributed by atoms with E-state index >= 15 is 0 Å². The average Bonchev–Trinajstić information content (AvgIpc) is 3.32. The van der Waals surface area contributed by atoms with Gasteiger partial charge in [-0.1, -0.05) is 23.9 Å². The van der Waals surface area contributed by atoms with Gasteiger partial charge in [0.05, 0.1) is 46.4 Å². The summed E-state index contributed by atoms with van der Waals surface area (Å²) in [5, 5.41) is 4.02. The molecule has 4 aromatic rings. The summed E-state index contributed by atoms with van der Waals surface area (Å²) in [7, 11) is 3.02. The molecule has 11 heteroatoms. The Morgan fingerprint density at radius 1 is 1.11 bits per heavy atom. The predicted octanol–water partition coefficient (Wildman–Crippen LogP) is 5.54. The monoisotopic (exact) mass is 585 g/mol. The van der Waals surface area contributed by atoms with E-state index in [1.165, 1.54) is 25.1 Å². The number of nitrogens with zero attached hydrogens (tertiary/aromatic N) is 2. The molecule has 0 aliphatic carbocycles. The molecule has 1 aromatic heterocycles. The number of benzene rings is 3. The first kappa shape index (κ1) is 25.7. The molecular formula is C25H20BrN3O5S2. The van der Waals surface area contributed by atoms with E-state index < -0.39 is 5.97 Å². The summed E-state index contributed by atoms with van der Waals surface area (Å²) in [5.74, 6) is 0.570. The predicted molar refractivity (Wildman–Crippen MR) is 145 cm³/mol. The SMILES string of the molecule is COc1ccc(C(=O)Oc2c(Br)cc(/C=N\NC(=O)CSc3nc4ccccc4s3)cc2OC)cc1. The maximum atomic E-state index is 12.6. The molecule has 1 heterocycles. The van der Waals surface area contributed by atoms with E-state index in [-0.39, 0.29) is 17.4 Å². The lowest BCUT2D eigenvalue weighted by Gasteiger charge is -2.12. The number of methoxy groups -OCH3 is 2. The molecule has 0 fully saturated rings. The lowest BCUT2D eigenvalue weighted by Crippen LogP contribution is -2.19. The first-order valence-corrected chi connectivity index (χ1v) is 13.1. The van der Waals surface area contributed by atoms with Crippen LogP contribution in [0, 0.1) is 0 Å². The molecule has 0 bridgehead atoms. The van der Waals surface area contributed by atoms with Crippen LogP contribution in [0.25, 0.3) is 10.2 Å². The van der Waals surface area contributed by atoms with Gasteiger partial charge in [-0.25, -0.2) is 15.2 Å². The summed E-state index contributed by atoms with van der Waals surface area (Å²) < 4.78 is 18.4. The van der Waals surface area contributed by atoms with Gasteiger partial charge in [-0.3, -0.25) is 4.79 Å². The standard InChI is InChI=1S/C25H20BrN3O5S2/c1-32-17-9-7-16(8-10-17)24(31)34-23-18(26)11-15(12-20(23)33-2)13-27-29-22(30)14-35-25-28-19-5-3-4-6-21(19)36-25/h3-13H,14H2,1-2H3,(H,29,30)/b27-13-. The Labute approximate surface area is 223 Å². The molecule has 1 amide bonds. The summed E-state index contributed by atoms with van der Waals surface area (Å²) in [4.78, 5) is 29.3. The van der Waals surface area contributed by atoms with E-state index in [9.17, 15) is 9.59 Å². The number of aromatic nitrogens is 1. The molecule has 0 saturated heterocycles. The second kappa shape index (κ2) is 12.0. The van der Waals surface area contributed by atoms with E-state index in [0.717, 1.165) is 14.6 Å². The number of amides is 1. The van der Waals surface area contributed by atoms with Crippen molar-refractivity contribution in [3.8, 4) is 17.2 Å².